The second-order valence-corrected chi connectivity index (χ2v) is 5.75. The first kappa shape index (κ1) is 15.6. The molecule has 2 rings (SSSR count). The van der Waals surface area contributed by atoms with Crippen molar-refractivity contribution in [1.29, 1.82) is 0 Å². The zero-order chi connectivity index (χ0) is 15.6. The van der Waals surface area contributed by atoms with Gasteiger partial charge in [-0.15, -0.1) is 0 Å². The first-order chi connectivity index (χ1) is 9.88. The van der Waals surface area contributed by atoms with Gasteiger partial charge in [0.1, 0.15) is 0 Å². The number of rotatable bonds is 5. The minimum absolute atomic E-state index is 0.245. The topological polar surface area (TPSA) is 54.1 Å². The van der Waals surface area contributed by atoms with Crippen molar-refractivity contribution in [2.75, 3.05) is 40.8 Å². The van der Waals surface area contributed by atoms with Crippen LogP contribution in [-0.4, -0.2) is 56.6 Å². The Balaban J connectivity index is 2.29. The second kappa shape index (κ2) is 5.89. The van der Waals surface area contributed by atoms with Crippen LogP contribution in [0.15, 0.2) is 23.2 Å². The Bertz CT molecular complexity index is 546. The van der Waals surface area contributed by atoms with Gasteiger partial charge in [0, 0.05) is 13.1 Å². The predicted octanol–water partition coefficient (Wildman–Crippen LogP) is 1.24. The molecule has 0 saturated heterocycles. The number of ether oxygens (including phenoxy) is 1. The molecular formula is C15H23FN4O. The number of guanidine groups is 1. The monoisotopic (exact) mass is 294 g/mol. The Morgan fingerprint density at radius 2 is 2.19 bits per heavy atom. The van der Waals surface area contributed by atoms with E-state index in [9.17, 15) is 4.39 Å². The zero-order valence-electron chi connectivity index (χ0n) is 13.1. The van der Waals surface area contributed by atoms with Crippen molar-refractivity contribution in [2.24, 2.45) is 10.7 Å². The summed E-state index contributed by atoms with van der Waals surface area (Å²) in [5, 5.41) is 0. The molecule has 0 radical (unpaired) electrons. The van der Waals surface area contributed by atoms with Crippen molar-refractivity contribution in [1.82, 2.24) is 9.80 Å². The van der Waals surface area contributed by atoms with Crippen molar-refractivity contribution in [2.45, 2.75) is 12.5 Å². The van der Waals surface area contributed by atoms with Crippen molar-refractivity contribution < 1.29 is 9.13 Å². The van der Waals surface area contributed by atoms with Gasteiger partial charge in [0.25, 0.3) is 0 Å². The molecule has 0 spiro atoms. The Kier molecular flexibility index (Phi) is 4.37. The fourth-order valence-corrected chi connectivity index (χ4v) is 2.57. The molecule has 0 amide bonds. The molecule has 2 N–H and O–H groups in total. The van der Waals surface area contributed by atoms with Gasteiger partial charge >= 0.3 is 0 Å². The maximum Gasteiger partial charge on any atom is 0.192 e. The second-order valence-electron chi connectivity index (χ2n) is 5.75. The smallest absolute Gasteiger partial charge is 0.192 e. The predicted molar refractivity (Wildman–Crippen MR) is 82.1 cm³/mol. The van der Waals surface area contributed by atoms with Crippen LogP contribution in [0.2, 0.25) is 0 Å². The molecule has 1 aliphatic heterocycles. The number of nitrogens with two attached hydrogens (primary N) is 1. The van der Waals surface area contributed by atoms with Crippen molar-refractivity contribution in [3.8, 4) is 5.75 Å². The normalized spacial score (nSPS) is 21.8. The first-order valence-corrected chi connectivity index (χ1v) is 6.95. The lowest BCUT2D eigenvalue weighted by Crippen LogP contribution is -2.49. The average molecular weight is 294 g/mol. The number of hydrogen-bond acceptors (Lipinski definition) is 5. The van der Waals surface area contributed by atoms with Crippen molar-refractivity contribution >= 4 is 5.96 Å². The van der Waals surface area contributed by atoms with E-state index < -0.39 is 5.54 Å². The number of hydrogen-bond donors (Lipinski definition) is 1. The third-order valence-electron chi connectivity index (χ3n) is 3.97. The third kappa shape index (κ3) is 2.95. The highest BCUT2D eigenvalue weighted by atomic mass is 19.1. The van der Waals surface area contributed by atoms with E-state index in [0.717, 1.165) is 18.7 Å². The summed E-state index contributed by atoms with van der Waals surface area (Å²) in [6, 6.07) is 5.03. The van der Waals surface area contributed by atoms with Gasteiger partial charge in [-0.05, 0) is 38.7 Å². The standard InChI is InChI=1S/C15H23FN4O/c1-15(11-5-6-13(21-4)12(16)9-11)10-18-14(17)20(15)8-7-19(2)3/h5-6,9H,7-8,10H2,1-4H3,(H2,17,18). The SMILES string of the molecule is COc1ccc(C2(C)CN=C(N)N2CCN(C)C)cc1F. The molecule has 21 heavy (non-hydrogen) atoms. The molecule has 116 valence electrons. The molecule has 1 aromatic carbocycles. The number of nitrogens with zero attached hydrogens (tertiary/aromatic N) is 3. The number of likely N-dealkylation sites (N-methyl/N-ethyl adjacent to an activating group) is 1. The van der Waals surface area contributed by atoms with Gasteiger partial charge in [-0.2, -0.15) is 0 Å². The molecule has 1 unspecified atom stereocenters. The fraction of sp³-hybridized carbons (Fsp3) is 0.533. The summed E-state index contributed by atoms with van der Waals surface area (Å²) in [7, 11) is 5.47. The molecule has 0 fully saturated rings. The summed E-state index contributed by atoms with van der Waals surface area (Å²) in [6.07, 6.45) is 0. The molecule has 0 bridgehead atoms. The zero-order valence-corrected chi connectivity index (χ0v) is 13.1. The highest BCUT2D eigenvalue weighted by molar-refractivity contribution is 5.81. The summed E-state index contributed by atoms with van der Waals surface area (Å²) in [6.45, 7) is 4.15. The van der Waals surface area contributed by atoms with Crippen LogP contribution in [0.1, 0.15) is 12.5 Å². The van der Waals surface area contributed by atoms with E-state index in [-0.39, 0.29) is 11.6 Å². The fourth-order valence-electron chi connectivity index (χ4n) is 2.57. The molecule has 1 heterocycles. The number of methoxy groups -OCH3 is 1. The lowest BCUT2D eigenvalue weighted by atomic mass is 9.91. The van der Waals surface area contributed by atoms with Gasteiger partial charge in [-0.1, -0.05) is 6.07 Å². The number of aliphatic imine (C=N–C) groups is 1. The lowest BCUT2D eigenvalue weighted by molar-refractivity contribution is 0.204. The lowest BCUT2D eigenvalue weighted by Gasteiger charge is -2.37. The van der Waals surface area contributed by atoms with Crippen LogP contribution in [0.25, 0.3) is 0 Å². The van der Waals surface area contributed by atoms with Gasteiger partial charge in [0.2, 0.25) is 0 Å². The Morgan fingerprint density at radius 3 is 2.76 bits per heavy atom. The van der Waals surface area contributed by atoms with E-state index in [2.05, 4.69) is 9.89 Å². The quantitative estimate of drug-likeness (QED) is 0.888. The minimum Gasteiger partial charge on any atom is -0.494 e. The van der Waals surface area contributed by atoms with Crippen LogP contribution < -0.4 is 10.5 Å². The number of halogens is 1. The van der Waals surface area contributed by atoms with E-state index >= 15 is 0 Å². The maximum absolute atomic E-state index is 14.0. The largest absolute Gasteiger partial charge is 0.494 e. The van der Waals surface area contributed by atoms with Crippen LogP contribution in [0.4, 0.5) is 4.39 Å². The van der Waals surface area contributed by atoms with Crippen LogP contribution in [0, 0.1) is 5.82 Å². The average Bonchev–Trinajstić information content (AvgIpc) is 2.73. The van der Waals surface area contributed by atoms with Gasteiger partial charge in [0.15, 0.2) is 17.5 Å². The van der Waals surface area contributed by atoms with Crippen molar-refractivity contribution in [3.63, 3.8) is 0 Å². The molecule has 0 aliphatic carbocycles. The Labute approximate surface area is 125 Å². The highest BCUT2D eigenvalue weighted by Gasteiger charge is 2.39. The van der Waals surface area contributed by atoms with Crippen LogP contribution in [0.3, 0.4) is 0 Å². The van der Waals surface area contributed by atoms with Gasteiger partial charge in [-0.3, -0.25) is 4.99 Å². The first-order valence-electron chi connectivity index (χ1n) is 6.95. The maximum atomic E-state index is 14.0. The van der Waals surface area contributed by atoms with Crippen LogP contribution in [0.5, 0.6) is 5.75 Å². The molecule has 1 aliphatic rings. The van der Waals surface area contributed by atoms with Crippen molar-refractivity contribution in [3.05, 3.63) is 29.6 Å². The molecule has 0 aromatic heterocycles. The van der Waals surface area contributed by atoms with Gasteiger partial charge in [-0.25, -0.2) is 4.39 Å². The van der Waals surface area contributed by atoms with E-state index in [1.54, 1.807) is 6.07 Å². The summed E-state index contributed by atoms with van der Waals surface area (Å²) in [5.74, 6) is 0.388. The van der Waals surface area contributed by atoms with Gasteiger partial charge in [0.05, 0.1) is 19.2 Å². The Hall–Kier alpha value is -1.82. The summed E-state index contributed by atoms with van der Waals surface area (Å²) in [4.78, 5) is 8.47. The van der Waals surface area contributed by atoms with Crippen LogP contribution in [-0.2, 0) is 5.54 Å². The molecule has 0 saturated carbocycles. The third-order valence-corrected chi connectivity index (χ3v) is 3.97. The molecule has 1 aromatic rings. The summed E-state index contributed by atoms with van der Waals surface area (Å²) < 4.78 is 19.0. The highest BCUT2D eigenvalue weighted by Crippen LogP contribution is 2.34. The van der Waals surface area contributed by atoms with E-state index in [1.165, 1.54) is 13.2 Å². The molecule has 6 heteroatoms. The van der Waals surface area contributed by atoms with E-state index in [0.29, 0.717) is 12.5 Å². The molecular weight excluding hydrogens is 271 g/mol. The molecule has 1 atom stereocenters. The van der Waals surface area contributed by atoms with Gasteiger partial charge < -0.3 is 20.3 Å². The summed E-state index contributed by atoms with van der Waals surface area (Å²) in [5.41, 5.74) is 6.44. The van der Waals surface area contributed by atoms with E-state index in [4.69, 9.17) is 10.5 Å². The Morgan fingerprint density at radius 1 is 1.48 bits per heavy atom. The van der Waals surface area contributed by atoms with Crippen LogP contribution >= 0.6 is 0 Å². The summed E-state index contributed by atoms with van der Waals surface area (Å²) >= 11 is 0. The minimum atomic E-state index is -0.423. The molecule has 5 nitrogen and oxygen atoms in total. The number of benzene rings is 1. The van der Waals surface area contributed by atoms with E-state index in [1.807, 2.05) is 32.0 Å².